The number of amides is 1. The van der Waals surface area contributed by atoms with E-state index in [-0.39, 0.29) is 11.8 Å². The molecule has 1 unspecified atom stereocenters. The Morgan fingerprint density at radius 2 is 1.81 bits per heavy atom. The molecule has 1 aromatic rings. The minimum absolute atomic E-state index is 0.0700. The Hall–Kier alpha value is -2.10. The number of nitrogens with one attached hydrogen (secondary N) is 1. The molecular weight excluding hydrogens is 340 g/mol. The minimum Gasteiger partial charge on any atom is -0.497 e. The minimum atomic E-state index is -0.808. The van der Waals surface area contributed by atoms with Gasteiger partial charge in [-0.05, 0) is 37.0 Å². The van der Waals surface area contributed by atoms with Crippen LogP contribution in [0, 0.1) is 17.2 Å². The first-order valence-electron chi connectivity index (χ1n) is 9.66. The highest BCUT2D eigenvalue weighted by Crippen LogP contribution is 2.15. The first-order chi connectivity index (χ1) is 12.9. The Balaban J connectivity index is 1.71. The second-order valence-corrected chi connectivity index (χ2v) is 7.73. The summed E-state index contributed by atoms with van der Waals surface area (Å²) in [5, 5.41) is 12.2. The van der Waals surface area contributed by atoms with E-state index in [0.29, 0.717) is 6.54 Å². The highest BCUT2D eigenvalue weighted by molar-refractivity contribution is 5.79. The van der Waals surface area contributed by atoms with Crippen molar-refractivity contribution in [2.24, 2.45) is 5.92 Å². The SMILES string of the molecule is COc1ccc(CCN2CCN(CC(=O)NC(C)(C#N)C(C)C)CC2)cc1. The zero-order valence-electron chi connectivity index (χ0n) is 17.0. The van der Waals surface area contributed by atoms with Crippen molar-refractivity contribution < 1.29 is 9.53 Å². The predicted octanol–water partition coefficient (Wildman–Crippen LogP) is 1.91. The molecule has 6 heteroatoms. The topological polar surface area (TPSA) is 68.6 Å². The van der Waals surface area contributed by atoms with Crippen molar-refractivity contribution in [2.75, 3.05) is 46.4 Å². The lowest BCUT2D eigenvalue weighted by atomic mass is 9.90. The molecule has 1 heterocycles. The van der Waals surface area contributed by atoms with Crippen molar-refractivity contribution in [1.82, 2.24) is 15.1 Å². The largest absolute Gasteiger partial charge is 0.497 e. The molecule has 1 N–H and O–H groups in total. The van der Waals surface area contributed by atoms with Crippen LogP contribution in [0.15, 0.2) is 24.3 Å². The average molecular weight is 373 g/mol. The number of hydrogen-bond acceptors (Lipinski definition) is 5. The van der Waals surface area contributed by atoms with Gasteiger partial charge in [0.05, 0.1) is 19.7 Å². The van der Waals surface area contributed by atoms with Gasteiger partial charge in [0.2, 0.25) is 5.91 Å². The molecule has 148 valence electrons. The highest BCUT2D eigenvalue weighted by atomic mass is 16.5. The Bertz CT molecular complexity index is 645. The van der Waals surface area contributed by atoms with Gasteiger partial charge < -0.3 is 15.0 Å². The Morgan fingerprint density at radius 1 is 1.22 bits per heavy atom. The number of hydrogen-bond donors (Lipinski definition) is 1. The van der Waals surface area contributed by atoms with Crippen LogP contribution >= 0.6 is 0 Å². The molecule has 1 amide bonds. The molecule has 0 aliphatic carbocycles. The third-order valence-electron chi connectivity index (χ3n) is 5.49. The lowest BCUT2D eigenvalue weighted by molar-refractivity contribution is -0.124. The van der Waals surface area contributed by atoms with E-state index in [1.807, 2.05) is 26.0 Å². The van der Waals surface area contributed by atoms with Crippen molar-refractivity contribution >= 4 is 5.91 Å². The van der Waals surface area contributed by atoms with E-state index in [2.05, 4.69) is 33.3 Å². The van der Waals surface area contributed by atoms with Crippen LogP contribution in [0.5, 0.6) is 5.75 Å². The number of piperazine rings is 1. The molecule has 1 saturated heterocycles. The van der Waals surface area contributed by atoms with Crippen LogP contribution < -0.4 is 10.1 Å². The number of methoxy groups -OCH3 is 1. The summed E-state index contributed by atoms with van der Waals surface area (Å²) in [5.41, 5.74) is 0.499. The van der Waals surface area contributed by atoms with Crippen LogP contribution in [0.25, 0.3) is 0 Å². The molecule has 27 heavy (non-hydrogen) atoms. The maximum Gasteiger partial charge on any atom is 0.235 e. The summed E-state index contributed by atoms with van der Waals surface area (Å²) in [4.78, 5) is 16.9. The number of carbonyl (C=O) groups is 1. The summed E-state index contributed by atoms with van der Waals surface area (Å²) in [6.45, 7) is 10.7. The summed E-state index contributed by atoms with van der Waals surface area (Å²) in [6, 6.07) is 10.4. The van der Waals surface area contributed by atoms with Gasteiger partial charge in [-0.25, -0.2) is 0 Å². The number of nitriles is 1. The van der Waals surface area contributed by atoms with Gasteiger partial charge >= 0.3 is 0 Å². The molecule has 0 spiro atoms. The van der Waals surface area contributed by atoms with E-state index < -0.39 is 5.54 Å². The van der Waals surface area contributed by atoms with E-state index in [1.54, 1.807) is 14.0 Å². The molecule has 6 nitrogen and oxygen atoms in total. The van der Waals surface area contributed by atoms with Crippen LogP contribution in [0.1, 0.15) is 26.3 Å². The number of rotatable bonds is 8. The first-order valence-corrected chi connectivity index (χ1v) is 9.66. The summed E-state index contributed by atoms with van der Waals surface area (Å²) in [6.07, 6.45) is 1.01. The van der Waals surface area contributed by atoms with E-state index in [1.165, 1.54) is 5.56 Å². The number of benzene rings is 1. The first kappa shape index (κ1) is 21.2. The predicted molar refractivity (Wildman–Crippen MR) is 107 cm³/mol. The molecule has 1 aliphatic rings. The van der Waals surface area contributed by atoms with Gasteiger partial charge in [0, 0.05) is 32.7 Å². The van der Waals surface area contributed by atoms with Crippen LogP contribution in [0.2, 0.25) is 0 Å². The molecule has 0 bridgehead atoms. The maximum atomic E-state index is 12.3. The van der Waals surface area contributed by atoms with Gasteiger partial charge in [-0.3, -0.25) is 9.69 Å². The van der Waals surface area contributed by atoms with E-state index in [0.717, 1.165) is 44.9 Å². The fourth-order valence-corrected chi connectivity index (χ4v) is 3.08. The average Bonchev–Trinajstić information content (AvgIpc) is 2.67. The van der Waals surface area contributed by atoms with Crippen LogP contribution in [0.4, 0.5) is 0 Å². The molecule has 1 aliphatic heterocycles. The molecule has 1 aromatic carbocycles. The van der Waals surface area contributed by atoms with Gasteiger partial charge in [0.15, 0.2) is 0 Å². The second-order valence-electron chi connectivity index (χ2n) is 7.73. The molecule has 0 aromatic heterocycles. The number of ether oxygens (including phenoxy) is 1. The van der Waals surface area contributed by atoms with Crippen molar-refractivity contribution in [3.05, 3.63) is 29.8 Å². The van der Waals surface area contributed by atoms with E-state index in [4.69, 9.17) is 4.74 Å². The third kappa shape index (κ3) is 6.23. The Labute approximate surface area is 163 Å². The summed E-state index contributed by atoms with van der Waals surface area (Å²) in [7, 11) is 1.68. The summed E-state index contributed by atoms with van der Waals surface area (Å²) < 4.78 is 5.19. The normalized spacial score (nSPS) is 17.9. The fourth-order valence-electron chi connectivity index (χ4n) is 3.08. The molecule has 0 radical (unpaired) electrons. The Morgan fingerprint density at radius 3 is 2.33 bits per heavy atom. The van der Waals surface area contributed by atoms with Gasteiger partial charge in [-0.2, -0.15) is 5.26 Å². The summed E-state index contributed by atoms with van der Waals surface area (Å²) >= 11 is 0. The van der Waals surface area contributed by atoms with Crippen LogP contribution in [-0.4, -0.2) is 67.6 Å². The standard InChI is InChI=1S/C21H32N4O2/c1-17(2)21(3,16-22)23-20(26)15-25-13-11-24(12-14-25)10-9-18-5-7-19(27-4)8-6-18/h5-8,17H,9-15H2,1-4H3,(H,23,26). The lowest BCUT2D eigenvalue weighted by Gasteiger charge is -2.35. The van der Waals surface area contributed by atoms with Crippen molar-refractivity contribution in [1.29, 1.82) is 5.26 Å². The van der Waals surface area contributed by atoms with Crippen molar-refractivity contribution in [3.8, 4) is 11.8 Å². The molecule has 1 fully saturated rings. The van der Waals surface area contributed by atoms with Gasteiger partial charge in [0.1, 0.15) is 11.3 Å². The quantitative estimate of drug-likeness (QED) is 0.755. The zero-order valence-corrected chi connectivity index (χ0v) is 17.0. The van der Waals surface area contributed by atoms with Crippen molar-refractivity contribution in [3.63, 3.8) is 0 Å². The van der Waals surface area contributed by atoms with E-state index in [9.17, 15) is 10.1 Å². The molecule has 2 rings (SSSR count). The number of nitrogens with zero attached hydrogens (tertiary/aromatic N) is 3. The molecule has 1 atom stereocenters. The molecular formula is C21H32N4O2. The number of carbonyl (C=O) groups excluding carboxylic acids is 1. The van der Waals surface area contributed by atoms with E-state index >= 15 is 0 Å². The second kappa shape index (κ2) is 9.72. The lowest BCUT2D eigenvalue weighted by Crippen LogP contribution is -2.54. The maximum absolute atomic E-state index is 12.3. The van der Waals surface area contributed by atoms with Gasteiger partial charge in [-0.15, -0.1) is 0 Å². The highest BCUT2D eigenvalue weighted by Gasteiger charge is 2.30. The van der Waals surface area contributed by atoms with Crippen molar-refractivity contribution in [2.45, 2.75) is 32.7 Å². The van der Waals surface area contributed by atoms with Gasteiger partial charge in [-0.1, -0.05) is 26.0 Å². The smallest absolute Gasteiger partial charge is 0.235 e. The molecule has 0 saturated carbocycles. The van der Waals surface area contributed by atoms with Gasteiger partial charge in [0.25, 0.3) is 0 Å². The third-order valence-corrected chi connectivity index (χ3v) is 5.49. The van der Waals surface area contributed by atoms with Crippen LogP contribution in [-0.2, 0) is 11.2 Å². The monoisotopic (exact) mass is 372 g/mol. The van der Waals surface area contributed by atoms with Crippen LogP contribution in [0.3, 0.4) is 0 Å². The summed E-state index contributed by atoms with van der Waals surface area (Å²) in [5.74, 6) is 0.885. The zero-order chi connectivity index (χ0) is 19.9. The Kier molecular flexibility index (Phi) is 7.64. The fraction of sp³-hybridized carbons (Fsp3) is 0.619.